The number of hydrogen-bond donors (Lipinski definition) is 1. The molecule has 0 radical (unpaired) electrons. The second-order valence-electron chi connectivity index (χ2n) is 6.33. The maximum atomic E-state index is 12.4. The molecule has 6 nitrogen and oxygen atoms in total. The first-order chi connectivity index (χ1) is 12.5. The lowest BCUT2D eigenvalue weighted by molar-refractivity contribution is -0.142. The first kappa shape index (κ1) is 18.4. The van der Waals surface area contributed by atoms with Gasteiger partial charge in [0.1, 0.15) is 0 Å². The number of benzene rings is 1. The first-order valence-electron chi connectivity index (χ1n) is 8.79. The second kappa shape index (κ2) is 8.31. The van der Waals surface area contributed by atoms with Crippen molar-refractivity contribution in [2.75, 3.05) is 29.9 Å². The molecule has 7 heteroatoms. The van der Waals surface area contributed by atoms with Crippen molar-refractivity contribution in [1.82, 2.24) is 4.98 Å². The molecule has 1 aromatic heterocycles. The van der Waals surface area contributed by atoms with E-state index < -0.39 is 0 Å². The van der Waals surface area contributed by atoms with E-state index in [4.69, 9.17) is 4.74 Å². The SMILES string of the molecule is CCOC(=O)Cc1csc(NC(=O)CN2CCCc3cc(C)ccc32)n1. The lowest BCUT2D eigenvalue weighted by Crippen LogP contribution is -2.36. The summed E-state index contributed by atoms with van der Waals surface area (Å²) in [6, 6.07) is 6.37. The molecule has 2 heterocycles. The van der Waals surface area contributed by atoms with Gasteiger partial charge in [-0.1, -0.05) is 17.7 Å². The number of carbonyl (C=O) groups is 2. The minimum Gasteiger partial charge on any atom is -0.466 e. The molecular weight excluding hydrogens is 350 g/mol. The van der Waals surface area contributed by atoms with E-state index >= 15 is 0 Å². The van der Waals surface area contributed by atoms with Crippen molar-refractivity contribution in [3.63, 3.8) is 0 Å². The Balaban J connectivity index is 1.58. The predicted molar refractivity (Wildman–Crippen MR) is 103 cm³/mol. The minimum atomic E-state index is -0.309. The zero-order valence-corrected chi connectivity index (χ0v) is 15.9. The third-order valence-electron chi connectivity index (χ3n) is 4.21. The van der Waals surface area contributed by atoms with E-state index in [1.807, 2.05) is 0 Å². The number of rotatable bonds is 6. The number of nitrogens with zero attached hydrogens (tertiary/aromatic N) is 2. The fourth-order valence-electron chi connectivity index (χ4n) is 3.11. The normalized spacial score (nSPS) is 13.2. The van der Waals surface area contributed by atoms with E-state index in [0.717, 1.165) is 25.1 Å². The van der Waals surface area contributed by atoms with Gasteiger partial charge in [-0.05, 0) is 38.3 Å². The predicted octanol–water partition coefficient (Wildman–Crippen LogP) is 2.95. The van der Waals surface area contributed by atoms with Gasteiger partial charge in [-0.15, -0.1) is 11.3 Å². The van der Waals surface area contributed by atoms with Crippen molar-refractivity contribution < 1.29 is 14.3 Å². The number of hydrogen-bond acceptors (Lipinski definition) is 6. The van der Waals surface area contributed by atoms with Crippen LogP contribution in [0.2, 0.25) is 0 Å². The molecule has 0 spiro atoms. The van der Waals surface area contributed by atoms with Gasteiger partial charge in [0.05, 0.1) is 25.3 Å². The van der Waals surface area contributed by atoms with Crippen LogP contribution in [0.3, 0.4) is 0 Å². The quantitative estimate of drug-likeness (QED) is 0.788. The summed E-state index contributed by atoms with van der Waals surface area (Å²) < 4.78 is 4.91. The number of esters is 1. The highest BCUT2D eigenvalue weighted by Crippen LogP contribution is 2.27. The third kappa shape index (κ3) is 4.60. The number of aromatic nitrogens is 1. The van der Waals surface area contributed by atoms with Crippen LogP contribution in [0, 0.1) is 6.92 Å². The van der Waals surface area contributed by atoms with Gasteiger partial charge in [0.25, 0.3) is 0 Å². The van der Waals surface area contributed by atoms with E-state index in [-0.39, 0.29) is 18.3 Å². The van der Waals surface area contributed by atoms with E-state index in [1.54, 1.807) is 12.3 Å². The summed E-state index contributed by atoms with van der Waals surface area (Å²) in [5.41, 5.74) is 4.30. The topological polar surface area (TPSA) is 71.5 Å². The second-order valence-corrected chi connectivity index (χ2v) is 7.19. The number of aryl methyl sites for hydroxylation is 2. The van der Waals surface area contributed by atoms with Crippen molar-refractivity contribution in [3.8, 4) is 0 Å². The average Bonchev–Trinajstić information content (AvgIpc) is 3.01. The Kier molecular flexibility index (Phi) is 5.88. The van der Waals surface area contributed by atoms with E-state index in [2.05, 4.69) is 40.3 Å². The van der Waals surface area contributed by atoms with Crippen LogP contribution in [0.1, 0.15) is 30.2 Å². The van der Waals surface area contributed by atoms with Crippen LogP contribution in [0.4, 0.5) is 10.8 Å². The fourth-order valence-corrected chi connectivity index (χ4v) is 3.83. The molecule has 26 heavy (non-hydrogen) atoms. The van der Waals surface area contributed by atoms with E-state index in [1.165, 1.54) is 22.5 Å². The molecule has 1 aliphatic heterocycles. The zero-order chi connectivity index (χ0) is 18.5. The number of fused-ring (bicyclic) bond motifs is 1. The number of carbonyl (C=O) groups excluding carboxylic acids is 2. The molecule has 1 aliphatic rings. The molecule has 1 N–H and O–H groups in total. The van der Waals surface area contributed by atoms with Gasteiger partial charge >= 0.3 is 5.97 Å². The zero-order valence-electron chi connectivity index (χ0n) is 15.1. The molecule has 0 saturated heterocycles. The first-order valence-corrected chi connectivity index (χ1v) is 9.67. The molecule has 2 aromatic rings. The monoisotopic (exact) mass is 373 g/mol. The van der Waals surface area contributed by atoms with Gasteiger partial charge in [-0.25, -0.2) is 4.98 Å². The Morgan fingerprint density at radius 1 is 1.38 bits per heavy atom. The molecule has 3 rings (SSSR count). The van der Waals surface area contributed by atoms with Crippen LogP contribution in [-0.4, -0.2) is 36.6 Å². The number of nitrogens with one attached hydrogen (secondary N) is 1. The van der Waals surface area contributed by atoms with Gasteiger partial charge in [0.15, 0.2) is 5.13 Å². The number of amides is 1. The number of ether oxygens (including phenoxy) is 1. The molecule has 138 valence electrons. The summed E-state index contributed by atoms with van der Waals surface area (Å²) >= 11 is 1.32. The molecule has 0 fully saturated rings. The van der Waals surface area contributed by atoms with Crippen molar-refractivity contribution in [1.29, 1.82) is 0 Å². The maximum Gasteiger partial charge on any atom is 0.311 e. The number of thiazole rings is 1. The van der Waals surface area contributed by atoms with Gasteiger partial charge in [0, 0.05) is 17.6 Å². The molecule has 0 aliphatic carbocycles. The van der Waals surface area contributed by atoms with Crippen molar-refractivity contribution >= 4 is 34.0 Å². The van der Waals surface area contributed by atoms with Crippen molar-refractivity contribution in [3.05, 3.63) is 40.4 Å². The fraction of sp³-hybridized carbons (Fsp3) is 0.421. The molecule has 0 bridgehead atoms. The number of anilines is 2. The standard InChI is InChI=1S/C19H23N3O3S/c1-3-25-18(24)10-15-12-26-19(20-15)21-17(23)11-22-8-4-5-14-9-13(2)6-7-16(14)22/h6-7,9,12H,3-5,8,10-11H2,1-2H3,(H,20,21,23). The van der Waals surface area contributed by atoms with Crippen molar-refractivity contribution in [2.45, 2.75) is 33.1 Å². The Morgan fingerprint density at radius 2 is 2.23 bits per heavy atom. The summed E-state index contributed by atoms with van der Waals surface area (Å²) in [4.78, 5) is 30.3. The Morgan fingerprint density at radius 3 is 3.04 bits per heavy atom. The van der Waals surface area contributed by atoms with Crippen LogP contribution in [0.25, 0.3) is 0 Å². The molecule has 0 unspecified atom stereocenters. The van der Waals surface area contributed by atoms with Gasteiger partial charge in [-0.2, -0.15) is 0 Å². The van der Waals surface area contributed by atoms with E-state index in [0.29, 0.717) is 24.0 Å². The van der Waals surface area contributed by atoms with Crippen LogP contribution < -0.4 is 10.2 Å². The summed E-state index contributed by atoms with van der Waals surface area (Å²) in [7, 11) is 0. The highest BCUT2D eigenvalue weighted by molar-refractivity contribution is 7.13. The van der Waals surface area contributed by atoms with E-state index in [9.17, 15) is 9.59 Å². The third-order valence-corrected chi connectivity index (χ3v) is 5.02. The minimum absolute atomic E-state index is 0.101. The molecule has 1 aromatic carbocycles. The average molecular weight is 373 g/mol. The molecule has 0 saturated carbocycles. The van der Waals surface area contributed by atoms with Gasteiger partial charge in [0.2, 0.25) is 5.91 Å². The lowest BCUT2D eigenvalue weighted by atomic mass is 9.99. The molecule has 1 amide bonds. The summed E-state index contributed by atoms with van der Waals surface area (Å²) in [5, 5.41) is 5.11. The largest absolute Gasteiger partial charge is 0.466 e. The van der Waals surface area contributed by atoms with Crippen molar-refractivity contribution in [2.24, 2.45) is 0 Å². The molecule has 0 atom stereocenters. The summed E-state index contributed by atoms with van der Waals surface area (Å²) in [6.07, 6.45) is 2.22. The summed E-state index contributed by atoms with van der Waals surface area (Å²) in [6.45, 7) is 5.37. The van der Waals surface area contributed by atoms with Crippen LogP contribution >= 0.6 is 11.3 Å². The molecular formula is C19H23N3O3S. The maximum absolute atomic E-state index is 12.4. The van der Waals surface area contributed by atoms with Gasteiger partial charge in [-0.3, -0.25) is 9.59 Å². The van der Waals surface area contributed by atoms with Gasteiger partial charge < -0.3 is 15.0 Å². The summed E-state index contributed by atoms with van der Waals surface area (Å²) in [5.74, 6) is -0.411. The highest BCUT2D eigenvalue weighted by atomic mass is 32.1. The van der Waals surface area contributed by atoms with Crippen LogP contribution in [-0.2, 0) is 27.2 Å². The Labute approximate surface area is 157 Å². The Bertz CT molecular complexity index is 803. The Hall–Kier alpha value is -2.41. The lowest BCUT2D eigenvalue weighted by Gasteiger charge is -2.30. The van der Waals surface area contributed by atoms with Crippen LogP contribution in [0.15, 0.2) is 23.6 Å². The smallest absolute Gasteiger partial charge is 0.311 e. The highest BCUT2D eigenvalue weighted by Gasteiger charge is 2.19. The van der Waals surface area contributed by atoms with Crippen LogP contribution in [0.5, 0.6) is 0 Å².